The fourth-order valence-corrected chi connectivity index (χ4v) is 6.60. The Labute approximate surface area is 311 Å². The molecule has 0 fully saturated rings. The van der Waals surface area contributed by atoms with Crippen molar-refractivity contribution in [3.63, 3.8) is 0 Å². The molecule has 0 aliphatic carbocycles. The number of hydrogen-bond acceptors (Lipinski definition) is 4. The van der Waals surface area contributed by atoms with Crippen molar-refractivity contribution in [2.24, 2.45) is 10.8 Å². The zero-order valence-electron chi connectivity index (χ0n) is 30.8. The van der Waals surface area contributed by atoms with Crippen LogP contribution in [-0.4, -0.2) is 34.4 Å². The van der Waals surface area contributed by atoms with Crippen molar-refractivity contribution >= 4 is 60.3 Å². The van der Waals surface area contributed by atoms with Gasteiger partial charge in [-0.15, -0.1) is 17.5 Å². The summed E-state index contributed by atoms with van der Waals surface area (Å²) in [5.41, 5.74) is 2.25. The fraction of sp³-hybridized carbons (Fsp3) is 0.381. The van der Waals surface area contributed by atoms with E-state index in [0.29, 0.717) is 16.6 Å². The number of aryl methyl sites for hydroxylation is 1. The Balaban J connectivity index is 0.000000279. The minimum atomic E-state index is -4.42. The van der Waals surface area contributed by atoms with Crippen LogP contribution >= 0.6 is 0 Å². The van der Waals surface area contributed by atoms with Gasteiger partial charge < -0.3 is 14.4 Å². The Kier molecular flexibility index (Phi) is 11.7. The van der Waals surface area contributed by atoms with E-state index in [-0.39, 0.29) is 42.5 Å². The molecule has 0 aliphatic heterocycles. The first-order valence-electron chi connectivity index (χ1n) is 17.3. The summed E-state index contributed by atoms with van der Waals surface area (Å²) in [4.78, 5) is 18.8. The van der Waals surface area contributed by atoms with E-state index in [1.165, 1.54) is 18.2 Å². The van der Waals surface area contributed by atoms with Crippen LogP contribution < -0.4 is 4.90 Å². The van der Waals surface area contributed by atoms with Crippen LogP contribution in [0.1, 0.15) is 78.4 Å². The third-order valence-corrected chi connectivity index (χ3v) is 10.9. The number of anilines is 1. The Morgan fingerprint density at radius 2 is 1.53 bits per heavy atom. The number of pyridine rings is 1. The van der Waals surface area contributed by atoms with Crippen LogP contribution in [0.15, 0.2) is 72.8 Å². The topological polar surface area (TPSA) is 57.8 Å². The van der Waals surface area contributed by atoms with Gasteiger partial charge in [0.05, 0.1) is 11.2 Å². The zero-order valence-corrected chi connectivity index (χ0v) is 33.2. The molecule has 51 heavy (non-hydrogen) atoms. The van der Waals surface area contributed by atoms with E-state index in [0.717, 1.165) is 75.3 Å². The predicted octanol–water partition coefficient (Wildman–Crippen LogP) is 11.8. The van der Waals surface area contributed by atoms with Crippen LogP contribution in [0.4, 0.5) is 18.9 Å². The molecule has 2 aromatic heterocycles. The van der Waals surface area contributed by atoms with E-state index in [1.807, 2.05) is 79.1 Å². The van der Waals surface area contributed by atoms with Gasteiger partial charge in [-0.1, -0.05) is 93.6 Å². The van der Waals surface area contributed by atoms with Crippen molar-refractivity contribution in [1.82, 2.24) is 9.38 Å². The van der Waals surface area contributed by atoms with E-state index < -0.39 is 11.7 Å². The van der Waals surface area contributed by atoms with Crippen LogP contribution in [0.5, 0.6) is 0 Å². The van der Waals surface area contributed by atoms with Gasteiger partial charge in [0.1, 0.15) is 5.76 Å². The molecule has 0 aliphatic rings. The molecule has 1 N–H and O–H groups in total. The second-order valence-electron chi connectivity index (χ2n) is 14.1. The van der Waals surface area contributed by atoms with Gasteiger partial charge >= 0.3 is 6.18 Å². The van der Waals surface area contributed by atoms with Gasteiger partial charge in [0.15, 0.2) is 5.78 Å². The van der Waals surface area contributed by atoms with Gasteiger partial charge in [0, 0.05) is 74.4 Å². The number of allylic oxidation sites excluding steroid dienone is 2. The van der Waals surface area contributed by atoms with Crippen LogP contribution in [0.3, 0.4) is 0 Å². The first kappa shape index (κ1) is 39.8. The number of hydrogen-bond donors (Lipinski definition) is 1. The molecule has 4 aromatic carbocycles. The first-order chi connectivity index (χ1) is 23.5. The minimum absolute atomic E-state index is 0. The van der Waals surface area contributed by atoms with Gasteiger partial charge in [-0.2, -0.15) is 13.2 Å². The number of imidazole rings is 1. The van der Waals surface area contributed by atoms with E-state index in [2.05, 4.69) is 34.1 Å². The molecule has 0 unspecified atom stereocenters. The Morgan fingerprint density at radius 1 is 0.902 bits per heavy atom. The molecule has 0 amide bonds. The molecular formula is C42H47F3IrN3O2-. The average Bonchev–Trinajstić information content (AvgIpc) is 3.59. The molecule has 1 radical (unpaired) electrons. The second-order valence-corrected chi connectivity index (χ2v) is 14.1. The number of alkyl halides is 3. The first-order valence-corrected chi connectivity index (χ1v) is 17.3. The summed E-state index contributed by atoms with van der Waals surface area (Å²) in [5.74, 6) is 0.286. The smallest absolute Gasteiger partial charge is 0.416 e. The Hall–Kier alpha value is -3.94. The monoisotopic (exact) mass is 875 g/mol. The molecule has 0 saturated heterocycles. The zero-order chi connectivity index (χ0) is 36.8. The number of aliphatic hydroxyl groups excluding tert-OH is 1. The average molecular weight is 875 g/mol. The number of halogens is 3. The number of rotatable bonds is 8. The summed E-state index contributed by atoms with van der Waals surface area (Å²) < 4.78 is 42.6. The Bertz CT molecular complexity index is 2260. The summed E-state index contributed by atoms with van der Waals surface area (Å²) in [5, 5.41) is 16.1. The van der Waals surface area contributed by atoms with E-state index >= 15 is 0 Å². The van der Waals surface area contributed by atoms with E-state index in [9.17, 15) is 23.1 Å². The van der Waals surface area contributed by atoms with E-state index in [4.69, 9.17) is 0 Å². The summed E-state index contributed by atoms with van der Waals surface area (Å²) in [7, 11) is 3.97. The SMILES string of the molecule is CCC(C)(CC)C(=O)/C=C(\O)C(C)(CC)CC.Cc1ccc2[c-]c3c(c(N(C)C)c2c1)c1ccc2ccc(C(F)(F)F)cc2c1n1ccnc31.[Ir]. The largest absolute Gasteiger partial charge is 0.512 e. The van der Waals surface area contributed by atoms with Crippen molar-refractivity contribution < 1.29 is 43.2 Å². The minimum Gasteiger partial charge on any atom is -0.512 e. The molecule has 2 heterocycles. The van der Waals surface area contributed by atoms with Gasteiger partial charge in [0.25, 0.3) is 0 Å². The number of aliphatic hydroxyl groups is 1. The van der Waals surface area contributed by atoms with Gasteiger partial charge in [-0.05, 0) is 61.2 Å². The number of benzene rings is 4. The van der Waals surface area contributed by atoms with Crippen molar-refractivity contribution in [2.45, 2.75) is 80.3 Å². The third-order valence-electron chi connectivity index (χ3n) is 10.9. The Morgan fingerprint density at radius 3 is 2.12 bits per heavy atom. The second kappa shape index (κ2) is 15.0. The standard InChI is InChI=1S/C27H19F3N3.C15H28O2.Ir/c1-15-4-5-17-13-22-23(25(32(2)3)20(17)12-15)19-9-7-16-6-8-18(27(28,29)30)14-21(16)24(19)33-11-10-31-26(22)33;1-7-14(5,8-2)12(16)11-13(17)15(6,9-3)10-4;/h4-12,14H,1-3H3;11,16H,7-10H2,1-6H3;/q-1;;/b;12-11-;. The molecule has 6 aromatic rings. The van der Waals surface area contributed by atoms with Crippen LogP contribution in [0.2, 0.25) is 0 Å². The number of carbonyl (C=O) groups is 1. The molecule has 9 heteroatoms. The van der Waals surface area contributed by atoms with Gasteiger partial charge in [-0.25, -0.2) is 0 Å². The number of carbonyl (C=O) groups excluding carboxylic acids is 1. The number of fused-ring (bicyclic) bond motifs is 9. The summed E-state index contributed by atoms with van der Waals surface area (Å²) in [6, 6.07) is 17.6. The maximum absolute atomic E-state index is 13.6. The van der Waals surface area contributed by atoms with Crippen LogP contribution in [0.25, 0.3) is 48.9 Å². The molecule has 5 nitrogen and oxygen atoms in total. The van der Waals surface area contributed by atoms with Crippen molar-refractivity contribution in [1.29, 1.82) is 0 Å². The fourth-order valence-electron chi connectivity index (χ4n) is 6.60. The van der Waals surface area contributed by atoms with E-state index in [1.54, 1.807) is 12.4 Å². The van der Waals surface area contributed by atoms with Gasteiger partial charge in [-0.3, -0.25) is 9.78 Å². The number of ketones is 1. The molecule has 0 atom stereocenters. The number of aromatic nitrogens is 2. The normalized spacial score (nSPS) is 12.7. The molecule has 273 valence electrons. The summed E-state index contributed by atoms with van der Waals surface area (Å²) in [6.45, 7) is 14.1. The summed E-state index contributed by atoms with van der Waals surface area (Å²) in [6.07, 6.45) is 3.82. The molecular weight excluding hydrogens is 828 g/mol. The third kappa shape index (κ3) is 7.25. The quantitative estimate of drug-likeness (QED) is 0.0544. The molecule has 0 saturated carbocycles. The number of nitrogens with zero attached hydrogens (tertiary/aromatic N) is 3. The van der Waals surface area contributed by atoms with Crippen LogP contribution in [-0.2, 0) is 31.1 Å². The summed E-state index contributed by atoms with van der Waals surface area (Å²) >= 11 is 0. The maximum Gasteiger partial charge on any atom is 0.416 e. The van der Waals surface area contributed by atoms with Crippen molar-refractivity contribution in [3.8, 4) is 0 Å². The predicted molar refractivity (Wildman–Crippen MR) is 201 cm³/mol. The van der Waals surface area contributed by atoms with Gasteiger partial charge in [0.2, 0.25) is 0 Å². The molecule has 0 bridgehead atoms. The van der Waals surface area contributed by atoms with Crippen molar-refractivity contribution in [2.75, 3.05) is 19.0 Å². The maximum atomic E-state index is 13.6. The molecule has 6 rings (SSSR count). The molecule has 0 spiro atoms. The van der Waals surface area contributed by atoms with Crippen molar-refractivity contribution in [3.05, 3.63) is 90.0 Å². The van der Waals surface area contributed by atoms with Crippen LogP contribution in [0, 0.1) is 23.8 Å².